The van der Waals surface area contributed by atoms with E-state index in [0.717, 1.165) is 23.9 Å². The van der Waals surface area contributed by atoms with Crippen LogP contribution in [0.5, 0.6) is 5.75 Å². The lowest BCUT2D eigenvalue weighted by Crippen LogP contribution is -2.50. The maximum absolute atomic E-state index is 7.70. The number of methoxy groups -OCH3 is 1. The first-order valence-corrected chi connectivity index (χ1v) is 32.8. The van der Waals surface area contributed by atoms with Crippen LogP contribution in [0, 0.1) is 29.6 Å². The minimum Gasteiger partial charge on any atom is -0.497 e. The molecule has 0 radical (unpaired) electrons. The highest BCUT2D eigenvalue weighted by Crippen LogP contribution is 2.57. The Kier molecular flexibility index (Phi) is 20.5. The van der Waals surface area contributed by atoms with Gasteiger partial charge < -0.3 is 18.3 Å². The van der Waals surface area contributed by atoms with E-state index in [2.05, 4.69) is 237 Å². The van der Waals surface area contributed by atoms with Gasteiger partial charge in [-0.2, -0.15) is 0 Å². The largest absolute Gasteiger partial charge is 0.497 e. The summed E-state index contributed by atoms with van der Waals surface area (Å²) in [6.07, 6.45) is 10.6. The van der Waals surface area contributed by atoms with E-state index in [-0.39, 0.29) is 58.0 Å². The topological polar surface area (TPSA) is 36.9 Å². The minimum absolute atomic E-state index is 0.0214. The van der Waals surface area contributed by atoms with Gasteiger partial charge in [0.25, 0.3) is 0 Å². The van der Waals surface area contributed by atoms with Gasteiger partial charge in [-0.15, -0.1) is 0 Å². The van der Waals surface area contributed by atoms with Crippen molar-refractivity contribution >= 4 is 39.8 Å². The van der Waals surface area contributed by atoms with Crippen molar-refractivity contribution in [3.05, 3.63) is 157 Å². The predicted octanol–water partition coefficient (Wildman–Crippen LogP) is 15.6. The molecule has 0 amide bonds. The summed E-state index contributed by atoms with van der Waals surface area (Å²) in [5.41, 5.74) is 2.51. The SMILES string of the molecule is C=C/C=C\[C@H](C)[C@H](OCc1ccc(OC)cc1)[C@@H](C)[C@H](O[Si](C)(C)C(C)(C)C)[C@@H](C)C/C(C)=C\[C@H](C)[C@@H](O[Si](C)(C)C(C)(C)C)[C@@H](C)C[P+](c1ccccc1)(c1ccccc1)c1ccccc1. The Morgan fingerprint density at radius 1 is 0.612 bits per heavy atom. The van der Waals surface area contributed by atoms with E-state index in [1.165, 1.54) is 21.5 Å². The smallest absolute Gasteiger partial charge is 0.192 e. The van der Waals surface area contributed by atoms with Crippen molar-refractivity contribution in [3.63, 3.8) is 0 Å². The molecule has 0 aliphatic carbocycles. The van der Waals surface area contributed by atoms with Gasteiger partial charge in [-0.1, -0.05) is 179 Å². The first-order valence-electron chi connectivity index (χ1n) is 25.0. The molecule has 0 bridgehead atoms. The van der Waals surface area contributed by atoms with E-state index in [0.29, 0.717) is 6.61 Å². The highest BCUT2D eigenvalue weighted by Gasteiger charge is 2.50. The average molecular weight is 963 g/mol. The second-order valence-electron chi connectivity index (χ2n) is 22.7. The maximum atomic E-state index is 7.70. The molecule has 0 fully saturated rings. The molecule has 4 aromatic rings. The molecule has 67 heavy (non-hydrogen) atoms. The zero-order valence-electron chi connectivity index (χ0n) is 44.8. The molecule has 4 nitrogen and oxygen atoms in total. The molecular weight excluding hydrogens is 872 g/mol. The fourth-order valence-corrected chi connectivity index (χ4v) is 17.0. The lowest BCUT2D eigenvalue weighted by molar-refractivity contribution is -0.0644. The van der Waals surface area contributed by atoms with Crippen molar-refractivity contribution < 1.29 is 18.3 Å². The molecular formula is C60H90O4PSi2+. The summed E-state index contributed by atoms with van der Waals surface area (Å²) in [4.78, 5) is 0. The van der Waals surface area contributed by atoms with Gasteiger partial charge in [0.1, 0.15) is 28.9 Å². The van der Waals surface area contributed by atoms with Crippen LogP contribution in [0.1, 0.15) is 95.1 Å². The van der Waals surface area contributed by atoms with Crippen molar-refractivity contribution in [2.75, 3.05) is 13.3 Å². The van der Waals surface area contributed by atoms with Gasteiger partial charge in [-0.25, -0.2) is 0 Å². The third-order valence-corrected chi connectivity index (χ3v) is 28.8. The molecule has 0 heterocycles. The van der Waals surface area contributed by atoms with Gasteiger partial charge in [0.2, 0.25) is 0 Å². The van der Waals surface area contributed by atoms with E-state index >= 15 is 0 Å². The standard InChI is InChI=1S/C60H90O4PSi2/c1-19-20-30-46(3)57(62-43-51-37-39-52(61-14)40-38-51)50(7)58(64-67(17,18)60(11,12)13)48(5)42-45(2)41-47(4)56(63-66(15,16)59(8,9)10)49(6)44-65(53-31-24-21-25-32-53,54-33-26-22-27-34-54)55-35-28-23-29-36-55/h19-41,46-50,56-58H,1,42-44H2,2-18H3/q+1/b30-20-,45-41-/t46-,47-,48-,49-,50+,56+,57-,58+/m0/s1. The molecule has 0 aliphatic heterocycles. The van der Waals surface area contributed by atoms with Crippen LogP contribution in [-0.2, 0) is 20.2 Å². The van der Waals surface area contributed by atoms with Crippen LogP contribution >= 0.6 is 7.26 Å². The Morgan fingerprint density at radius 2 is 1.06 bits per heavy atom. The van der Waals surface area contributed by atoms with Crippen LogP contribution in [-0.4, -0.2) is 48.2 Å². The number of hydrogen-bond donors (Lipinski definition) is 0. The Hall–Kier alpha value is -3.36. The first-order chi connectivity index (χ1) is 31.4. The Balaban J connectivity index is 1.77. The summed E-state index contributed by atoms with van der Waals surface area (Å²) in [6, 6.07) is 42.2. The van der Waals surface area contributed by atoms with Crippen LogP contribution in [0.3, 0.4) is 0 Å². The number of benzene rings is 4. The number of rotatable bonds is 24. The van der Waals surface area contributed by atoms with Crippen LogP contribution < -0.4 is 20.7 Å². The molecule has 0 aromatic heterocycles. The van der Waals surface area contributed by atoms with Gasteiger partial charge in [0.05, 0.1) is 38.2 Å². The summed E-state index contributed by atoms with van der Waals surface area (Å²) < 4.78 is 27.7. The van der Waals surface area contributed by atoms with E-state index < -0.39 is 23.9 Å². The highest BCUT2D eigenvalue weighted by molar-refractivity contribution is 7.95. The second kappa shape index (κ2) is 24.5. The molecule has 0 aliphatic rings. The lowest BCUT2D eigenvalue weighted by Gasteiger charge is -2.45. The fraction of sp³-hybridized carbons (Fsp3) is 0.500. The molecule has 8 atom stereocenters. The Morgan fingerprint density at radius 3 is 1.48 bits per heavy atom. The maximum Gasteiger partial charge on any atom is 0.192 e. The highest BCUT2D eigenvalue weighted by atomic mass is 31.2. The van der Waals surface area contributed by atoms with Gasteiger partial charge in [0, 0.05) is 17.8 Å². The van der Waals surface area contributed by atoms with Crippen molar-refractivity contribution in [1.29, 1.82) is 0 Å². The molecule has 0 spiro atoms. The number of hydrogen-bond acceptors (Lipinski definition) is 4. The van der Waals surface area contributed by atoms with E-state index in [1.807, 2.05) is 18.2 Å². The van der Waals surface area contributed by atoms with Crippen molar-refractivity contribution in [2.45, 2.75) is 151 Å². The van der Waals surface area contributed by atoms with Gasteiger partial charge in [-0.3, -0.25) is 0 Å². The van der Waals surface area contributed by atoms with E-state index in [4.69, 9.17) is 18.3 Å². The van der Waals surface area contributed by atoms with Crippen LogP contribution in [0.4, 0.5) is 0 Å². The zero-order chi connectivity index (χ0) is 49.8. The monoisotopic (exact) mass is 962 g/mol. The Bertz CT molecular complexity index is 2040. The quantitative estimate of drug-likeness (QED) is 0.0303. The summed E-state index contributed by atoms with van der Waals surface area (Å²) in [5, 5.41) is 4.37. The molecule has 4 rings (SSSR count). The van der Waals surface area contributed by atoms with Crippen molar-refractivity contribution in [3.8, 4) is 5.75 Å². The molecule has 4 aromatic carbocycles. The van der Waals surface area contributed by atoms with Crippen molar-refractivity contribution in [2.24, 2.45) is 29.6 Å². The zero-order valence-corrected chi connectivity index (χ0v) is 47.7. The number of ether oxygens (including phenoxy) is 2. The molecule has 7 heteroatoms. The summed E-state index contributed by atoms with van der Waals surface area (Å²) in [7, 11) is -4.80. The summed E-state index contributed by atoms with van der Waals surface area (Å²) >= 11 is 0. The molecule has 0 unspecified atom stereocenters. The average Bonchev–Trinajstić information content (AvgIpc) is 3.28. The molecule has 0 saturated carbocycles. The minimum atomic E-state index is -2.20. The fourth-order valence-electron chi connectivity index (χ4n) is 9.35. The number of allylic oxidation sites excluding steroid dienone is 3. The van der Waals surface area contributed by atoms with Crippen LogP contribution in [0.25, 0.3) is 0 Å². The third-order valence-electron chi connectivity index (χ3n) is 15.2. The van der Waals surface area contributed by atoms with Gasteiger partial charge in [-0.05, 0) is 116 Å². The summed E-state index contributed by atoms with van der Waals surface area (Å²) in [6.45, 7) is 42.6. The second-order valence-corrected chi connectivity index (χ2v) is 35.7. The van der Waals surface area contributed by atoms with Crippen molar-refractivity contribution in [1.82, 2.24) is 0 Å². The van der Waals surface area contributed by atoms with E-state index in [1.54, 1.807) is 7.11 Å². The van der Waals surface area contributed by atoms with Crippen LogP contribution in [0.2, 0.25) is 36.3 Å². The normalized spacial score (nSPS) is 17.0. The molecule has 366 valence electrons. The van der Waals surface area contributed by atoms with E-state index in [9.17, 15) is 0 Å². The third kappa shape index (κ3) is 14.8. The first kappa shape index (κ1) is 56.2. The predicted molar refractivity (Wildman–Crippen MR) is 299 cm³/mol. The van der Waals surface area contributed by atoms with Gasteiger partial charge >= 0.3 is 0 Å². The Labute approximate surface area is 412 Å². The lowest BCUT2D eigenvalue weighted by atomic mass is 9.81. The molecule has 0 saturated heterocycles. The molecule has 0 N–H and O–H groups in total. The summed E-state index contributed by atoms with van der Waals surface area (Å²) in [5.74, 6) is 1.77. The van der Waals surface area contributed by atoms with Crippen LogP contribution in [0.15, 0.2) is 152 Å². The van der Waals surface area contributed by atoms with Gasteiger partial charge in [0.15, 0.2) is 16.6 Å².